The molecule has 0 radical (unpaired) electrons. The topological polar surface area (TPSA) is 88.3 Å². The second kappa shape index (κ2) is 6.49. The molecule has 1 heterocycles. The maximum atomic E-state index is 11.1. The van der Waals surface area contributed by atoms with Crippen LogP contribution in [0.2, 0.25) is 0 Å². The number of pyridine rings is 1. The van der Waals surface area contributed by atoms with Crippen LogP contribution < -0.4 is 5.32 Å². The summed E-state index contributed by atoms with van der Waals surface area (Å²) in [5, 5.41) is 24.7. The Bertz CT molecular complexity index is 658. The first-order chi connectivity index (χ1) is 10.0. The lowest BCUT2D eigenvalue weighted by molar-refractivity contribution is -0.383. The number of hydrogen-bond acceptors (Lipinski definition) is 5. The van der Waals surface area contributed by atoms with Crippen molar-refractivity contribution in [2.75, 3.05) is 18.5 Å². The van der Waals surface area contributed by atoms with Crippen LogP contribution in [-0.4, -0.2) is 28.2 Å². The number of aryl methyl sites for hydroxylation is 1. The first-order valence-corrected chi connectivity index (χ1v) is 6.91. The van der Waals surface area contributed by atoms with E-state index in [0.29, 0.717) is 17.8 Å². The summed E-state index contributed by atoms with van der Waals surface area (Å²) in [5.74, 6) is 0.322. The van der Waals surface area contributed by atoms with Crippen LogP contribution in [0.15, 0.2) is 24.4 Å². The molecule has 112 valence electrons. The largest absolute Gasteiger partial charge is 0.396 e. The van der Waals surface area contributed by atoms with Crippen molar-refractivity contribution in [1.82, 2.24) is 4.98 Å². The standard InChI is InChI=1S/C15H19N3O3/c1-10(5-6-19)8-17-14-3-4-15(18(20)21)13-9-16-11(2)7-12(13)14/h3-4,7,9-10,17,19H,5-6,8H2,1-2H3. The van der Waals surface area contributed by atoms with Gasteiger partial charge in [0.15, 0.2) is 0 Å². The molecule has 1 unspecified atom stereocenters. The zero-order valence-electron chi connectivity index (χ0n) is 12.2. The lowest BCUT2D eigenvalue weighted by atomic mass is 10.1. The van der Waals surface area contributed by atoms with Crippen molar-refractivity contribution in [1.29, 1.82) is 0 Å². The van der Waals surface area contributed by atoms with E-state index < -0.39 is 4.92 Å². The molecule has 6 nitrogen and oxygen atoms in total. The molecular formula is C15H19N3O3. The highest BCUT2D eigenvalue weighted by Crippen LogP contribution is 2.31. The van der Waals surface area contributed by atoms with Crippen molar-refractivity contribution >= 4 is 22.1 Å². The van der Waals surface area contributed by atoms with Gasteiger partial charge in [0.25, 0.3) is 5.69 Å². The Morgan fingerprint density at radius 1 is 1.43 bits per heavy atom. The van der Waals surface area contributed by atoms with Gasteiger partial charge in [0.2, 0.25) is 0 Å². The summed E-state index contributed by atoms with van der Waals surface area (Å²) in [4.78, 5) is 14.9. The molecule has 0 aliphatic heterocycles. The molecular weight excluding hydrogens is 270 g/mol. The van der Waals surface area contributed by atoms with Gasteiger partial charge in [-0.25, -0.2) is 0 Å². The minimum atomic E-state index is -0.391. The van der Waals surface area contributed by atoms with Crippen LogP contribution in [0.3, 0.4) is 0 Å². The maximum absolute atomic E-state index is 11.1. The number of nitrogens with one attached hydrogen (secondary N) is 1. The minimum absolute atomic E-state index is 0.0615. The summed E-state index contributed by atoms with van der Waals surface area (Å²) in [5.41, 5.74) is 1.73. The van der Waals surface area contributed by atoms with Crippen LogP contribution in [0.5, 0.6) is 0 Å². The number of benzene rings is 1. The van der Waals surface area contributed by atoms with Gasteiger partial charge < -0.3 is 10.4 Å². The van der Waals surface area contributed by atoms with E-state index in [2.05, 4.69) is 10.3 Å². The van der Waals surface area contributed by atoms with E-state index in [1.807, 2.05) is 19.9 Å². The lowest BCUT2D eigenvalue weighted by Crippen LogP contribution is -2.12. The highest BCUT2D eigenvalue weighted by molar-refractivity contribution is 5.99. The average molecular weight is 289 g/mol. The molecule has 1 aromatic carbocycles. The van der Waals surface area contributed by atoms with E-state index in [9.17, 15) is 10.1 Å². The molecule has 21 heavy (non-hydrogen) atoms. The summed E-state index contributed by atoms with van der Waals surface area (Å²) in [6.07, 6.45) is 2.27. The Kier molecular flexibility index (Phi) is 4.70. The molecule has 2 rings (SSSR count). The van der Waals surface area contributed by atoms with E-state index in [4.69, 9.17) is 5.11 Å². The van der Waals surface area contributed by atoms with Crippen molar-refractivity contribution in [2.24, 2.45) is 5.92 Å². The predicted octanol–water partition coefficient (Wildman–Crippen LogP) is 2.88. The van der Waals surface area contributed by atoms with E-state index in [-0.39, 0.29) is 12.3 Å². The number of nitro benzene ring substituents is 1. The van der Waals surface area contributed by atoms with Gasteiger partial charge in [-0.05, 0) is 31.4 Å². The number of aliphatic hydroxyl groups is 1. The molecule has 0 saturated carbocycles. The highest BCUT2D eigenvalue weighted by Gasteiger charge is 2.15. The molecule has 0 fully saturated rings. The monoisotopic (exact) mass is 289 g/mol. The molecule has 0 aliphatic carbocycles. The number of nitrogens with zero attached hydrogens (tertiary/aromatic N) is 2. The Morgan fingerprint density at radius 3 is 2.86 bits per heavy atom. The van der Waals surface area contributed by atoms with Crippen LogP contribution in [0.4, 0.5) is 11.4 Å². The SMILES string of the molecule is Cc1cc2c(NCC(C)CCO)ccc([N+](=O)[O-])c2cn1. The molecule has 0 saturated heterocycles. The lowest BCUT2D eigenvalue weighted by Gasteiger charge is -2.14. The molecule has 1 aromatic heterocycles. The summed E-state index contributed by atoms with van der Waals surface area (Å²) in [6.45, 7) is 4.77. The van der Waals surface area contributed by atoms with Crippen molar-refractivity contribution < 1.29 is 10.0 Å². The molecule has 2 N–H and O–H groups in total. The second-order valence-corrected chi connectivity index (χ2v) is 5.26. The van der Waals surface area contributed by atoms with Gasteiger partial charge in [-0.3, -0.25) is 15.1 Å². The van der Waals surface area contributed by atoms with E-state index in [1.165, 1.54) is 6.07 Å². The third kappa shape index (κ3) is 3.46. The summed E-state index contributed by atoms with van der Waals surface area (Å²) < 4.78 is 0. The number of nitro groups is 1. The van der Waals surface area contributed by atoms with Crippen molar-refractivity contribution in [2.45, 2.75) is 20.3 Å². The number of non-ortho nitro benzene ring substituents is 1. The normalized spacial score (nSPS) is 12.3. The van der Waals surface area contributed by atoms with Crippen LogP contribution in [0.1, 0.15) is 19.0 Å². The molecule has 0 bridgehead atoms. The van der Waals surface area contributed by atoms with E-state index in [1.54, 1.807) is 12.3 Å². The van der Waals surface area contributed by atoms with Gasteiger partial charge in [0, 0.05) is 42.2 Å². The molecule has 6 heteroatoms. The van der Waals surface area contributed by atoms with Crippen LogP contribution in [0.25, 0.3) is 10.8 Å². The number of rotatable bonds is 6. The number of aliphatic hydroxyl groups excluding tert-OH is 1. The maximum Gasteiger partial charge on any atom is 0.278 e. The zero-order chi connectivity index (χ0) is 15.4. The Hall–Kier alpha value is -2.21. The molecule has 2 aromatic rings. The van der Waals surface area contributed by atoms with Crippen LogP contribution >= 0.6 is 0 Å². The fraction of sp³-hybridized carbons (Fsp3) is 0.400. The quantitative estimate of drug-likeness (QED) is 0.630. The third-order valence-corrected chi connectivity index (χ3v) is 3.47. The number of aromatic nitrogens is 1. The number of hydrogen-bond donors (Lipinski definition) is 2. The molecule has 1 atom stereocenters. The van der Waals surface area contributed by atoms with Gasteiger partial charge in [-0.1, -0.05) is 6.92 Å². The van der Waals surface area contributed by atoms with Gasteiger partial charge >= 0.3 is 0 Å². The van der Waals surface area contributed by atoms with Gasteiger partial charge in [-0.15, -0.1) is 0 Å². The van der Waals surface area contributed by atoms with Crippen molar-refractivity contribution in [3.8, 4) is 0 Å². The van der Waals surface area contributed by atoms with E-state index in [0.717, 1.165) is 23.2 Å². The summed E-state index contributed by atoms with van der Waals surface area (Å²) >= 11 is 0. The van der Waals surface area contributed by atoms with Gasteiger partial charge in [-0.2, -0.15) is 0 Å². The number of anilines is 1. The fourth-order valence-corrected chi connectivity index (χ4v) is 2.25. The average Bonchev–Trinajstić information content (AvgIpc) is 2.44. The molecule has 0 spiro atoms. The van der Waals surface area contributed by atoms with Crippen molar-refractivity contribution in [3.63, 3.8) is 0 Å². The first kappa shape index (κ1) is 15.2. The second-order valence-electron chi connectivity index (χ2n) is 5.26. The zero-order valence-corrected chi connectivity index (χ0v) is 12.2. The third-order valence-electron chi connectivity index (χ3n) is 3.47. The van der Waals surface area contributed by atoms with Crippen LogP contribution in [0, 0.1) is 23.0 Å². The Morgan fingerprint density at radius 2 is 2.19 bits per heavy atom. The predicted molar refractivity (Wildman–Crippen MR) is 82.5 cm³/mol. The van der Waals surface area contributed by atoms with Gasteiger partial charge in [0.05, 0.1) is 10.3 Å². The summed E-state index contributed by atoms with van der Waals surface area (Å²) in [6, 6.07) is 5.07. The van der Waals surface area contributed by atoms with Crippen molar-refractivity contribution in [3.05, 3.63) is 40.2 Å². The highest BCUT2D eigenvalue weighted by atomic mass is 16.6. The van der Waals surface area contributed by atoms with Crippen LogP contribution in [-0.2, 0) is 0 Å². The number of fused-ring (bicyclic) bond motifs is 1. The first-order valence-electron chi connectivity index (χ1n) is 6.91. The Labute approximate surface area is 123 Å². The minimum Gasteiger partial charge on any atom is -0.396 e. The fourth-order valence-electron chi connectivity index (χ4n) is 2.25. The summed E-state index contributed by atoms with van der Waals surface area (Å²) in [7, 11) is 0. The Balaban J connectivity index is 2.38. The smallest absolute Gasteiger partial charge is 0.278 e. The van der Waals surface area contributed by atoms with Gasteiger partial charge in [0.1, 0.15) is 0 Å². The molecule has 0 aliphatic rings. The molecule has 0 amide bonds. The van der Waals surface area contributed by atoms with E-state index >= 15 is 0 Å².